The summed E-state index contributed by atoms with van der Waals surface area (Å²) < 4.78 is 0. The molecule has 0 spiro atoms. The molecule has 0 aromatic heterocycles. The average Bonchev–Trinajstić information content (AvgIpc) is 3.10. The van der Waals surface area contributed by atoms with E-state index in [9.17, 15) is 4.79 Å². The Kier molecular flexibility index (Phi) is 5.28. The average molecular weight is 324 g/mol. The van der Waals surface area contributed by atoms with E-state index in [2.05, 4.69) is 34.9 Å². The zero-order chi connectivity index (χ0) is 16.8. The minimum absolute atomic E-state index is 0.0319. The number of amides is 1. The maximum Gasteiger partial charge on any atom is 0.227 e. The quantitative estimate of drug-likeness (QED) is 0.761. The Hall–Kier alpha value is -2.17. The van der Waals surface area contributed by atoms with Crippen LogP contribution in [0.2, 0.25) is 0 Å². The van der Waals surface area contributed by atoms with Gasteiger partial charge in [0.2, 0.25) is 5.91 Å². The van der Waals surface area contributed by atoms with E-state index in [1.54, 1.807) is 0 Å². The number of rotatable bonds is 6. The van der Waals surface area contributed by atoms with Crippen molar-refractivity contribution in [2.75, 3.05) is 26.2 Å². The number of benzene rings is 2. The minimum atomic E-state index is -0.444. The van der Waals surface area contributed by atoms with Crippen molar-refractivity contribution in [3.63, 3.8) is 0 Å². The van der Waals surface area contributed by atoms with Crippen molar-refractivity contribution in [1.82, 2.24) is 10.6 Å². The second kappa shape index (κ2) is 7.60. The summed E-state index contributed by atoms with van der Waals surface area (Å²) in [6.45, 7) is 1.80. The molecule has 4 heteroatoms. The van der Waals surface area contributed by atoms with Crippen LogP contribution in [0, 0.1) is 5.41 Å². The zero-order valence-corrected chi connectivity index (χ0v) is 13.8. The summed E-state index contributed by atoms with van der Waals surface area (Å²) >= 11 is 0. The van der Waals surface area contributed by atoms with Gasteiger partial charge < -0.3 is 15.7 Å². The van der Waals surface area contributed by atoms with E-state index >= 15 is 0 Å². The monoisotopic (exact) mass is 324 g/mol. The number of hydrogen-bond acceptors (Lipinski definition) is 3. The maximum atomic E-state index is 12.7. The van der Waals surface area contributed by atoms with Crippen molar-refractivity contribution in [2.45, 2.75) is 12.8 Å². The van der Waals surface area contributed by atoms with Gasteiger partial charge in [0.25, 0.3) is 0 Å². The SMILES string of the molecule is O=C(NCCO)C1(Cc2ccccc2-c2ccccc2)CCNC1. The van der Waals surface area contributed by atoms with Gasteiger partial charge in [0.15, 0.2) is 0 Å². The van der Waals surface area contributed by atoms with Crippen LogP contribution in [0.1, 0.15) is 12.0 Å². The Balaban J connectivity index is 1.90. The van der Waals surface area contributed by atoms with E-state index in [-0.39, 0.29) is 12.5 Å². The summed E-state index contributed by atoms with van der Waals surface area (Å²) in [7, 11) is 0. The van der Waals surface area contributed by atoms with Gasteiger partial charge in [-0.1, -0.05) is 54.6 Å². The molecule has 3 rings (SSSR count). The largest absolute Gasteiger partial charge is 0.395 e. The van der Waals surface area contributed by atoms with E-state index in [1.165, 1.54) is 16.7 Å². The molecule has 1 unspecified atom stereocenters. The molecular formula is C20H24N2O2. The van der Waals surface area contributed by atoms with Crippen LogP contribution in [-0.2, 0) is 11.2 Å². The summed E-state index contributed by atoms with van der Waals surface area (Å²) in [5.41, 5.74) is 3.09. The van der Waals surface area contributed by atoms with Gasteiger partial charge in [-0.15, -0.1) is 0 Å². The van der Waals surface area contributed by atoms with E-state index in [1.807, 2.05) is 30.3 Å². The minimum Gasteiger partial charge on any atom is -0.395 e. The van der Waals surface area contributed by atoms with Crippen LogP contribution in [0.5, 0.6) is 0 Å². The summed E-state index contributed by atoms with van der Waals surface area (Å²) in [6.07, 6.45) is 1.51. The fraction of sp³-hybridized carbons (Fsp3) is 0.350. The number of aliphatic hydroxyl groups is 1. The van der Waals surface area contributed by atoms with Crippen LogP contribution in [0.3, 0.4) is 0 Å². The summed E-state index contributed by atoms with van der Waals surface area (Å²) in [5.74, 6) is 0.0319. The Bertz CT molecular complexity index is 679. The molecule has 0 radical (unpaired) electrons. The first-order valence-electron chi connectivity index (χ1n) is 8.48. The normalized spacial score (nSPS) is 20.0. The second-order valence-corrected chi connectivity index (χ2v) is 6.39. The van der Waals surface area contributed by atoms with Crippen molar-refractivity contribution >= 4 is 5.91 Å². The third-order valence-electron chi connectivity index (χ3n) is 4.75. The topological polar surface area (TPSA) is 61.4 Å². The number of carbonyl (C=O) groups excluding carboxylic acids is 1. The number of carbonyl (C=O) groups is 1. The van der Waals surface area contributed by atoms with Gasteiger partial charge in [-0.3, -0.25) is 4.79 Å². The molecular weight excluding hydrogens is 300 g/mol. The highest BCUT2D eigenvalue weighted by molar-refractivity contribution is 5.84. The Morgan fingerprint density at radius 3 is 2.58 bits per heavy atom. The molecule has 0 bridgehead atoms. The molecule has 126 valence electrons. The van der Waals surface area contributed by atoms with Gasteiger partial charge in [0, 0.05) is 13.1 Å². The first kappa shape index (κ1) is 16.7. The standard InChI is InChI=1S/C20H24N2O2/c23-13-12-22-19(24)20(10-11-21-15-20)14-17-8-4-5-9-18(17)16-6-2-1-3-7-16/h1-9,21,23H,10-15H2,(H,22,24). The molecule has 4 nitrogen and oxygen atoms in total. The van der Waals surface area contributed by atoms with Crippen molar-refractivity contribution in [3.8, 4) is 11.1 Å². The first-order valence-corrected chi connectivity index (χ1v) is 8.48. The van der Waals surface area contributed by atoms with Crippen molar-refractivity contribution in [2.24, 2.45) is 5.41 Å². The lowest BCUT2D eigenvalue weighted by molar-refractivity contribution is -0.130. The van der Waals surface area contributed by atoms with Crippen molar-refractivity contribution in [3.05, 3.63) is 60.2 Å². The van der Waals surface area contributed by atoms with Crippen LogP contribution in [0.4, 0.5) is 0 Å². The molecule has 1 fully saturated rings. The molecule has 1 saturated heterocycles. The predicted octanol–water partition coefficient (Wildman–Crippen LogP) is 1.98. The van der Waals surface area contributed by atoms with Gasteiger partial charge in [0.05, 0.1) is 12.0 Å². The smallest absolute Gasteiger partial charge is 0.227 e. The highest BCUT2D eigenvalue weighted by Gasteiger charge is 2.41. The molecule has 0 aliphatic carbocycles. The van der Waals surface area contributed by atoms with Crippen LogP contribution in [0.15, 0.2) is 54.6 Å². The lowest BCUT2D eigenvalue weighted by Crippen LogP contribution is -2.45. The maximum absolute atomic E-state index is 12.7. The molecule has 1 atom stereocenters. The van der Waals surface area contributed by atoms with Gasteiger partial charge in [-0.2, -0.15) is 0 Å². The Labute approximate surface area is 142 Å². The van der Waals surface area contributed by atoms with Crippen LogP contribution < -0.4 is 10.6 Å². The van der Waals surface area contributed by atoms with Crippen molar-refractivity contribution < 1.29 is 9.90 Å². The number of nitrogens with one attached hydrogen (secondary N) is 2. The van der Waals surface area contributed by atoms with Gasteiger partial charge in [-0.25, -0.2) is 0 Å². The molecule has 3 N–H and O–H groups in total. The van der Waals surface area contributed by atoms with E-state index in [0.717, 1.165) is 13.0 Å². The van der Waals surface area contributed by atoms with Crippen LogP contribution in [0.25, 0.3) is 11.1 Å². The Morgan fingerprint density at radius 2 is 1.88 bits per heavy atom. The van der Waals surface area contributed by atoms with Gasteiger partial charge in [-0.05, 0) is 36.1 Å². The highest BCUT2D eigenvalue weighted by atomic mass is 16.3. The van der Waals surface area contributed by atoms with Crippen LogP contribution in [-0.4, -0.2) is 37.3 Å². The van der Waals surface area contributed by atoms with Gasteiger partial charge in [0.1, 0.15) is 0 Å². The highest BCUT2D eigenvalue weighted by Crippen LogP contribution is 2.34. The fourth-order valence-electron chi connectivity index (χ4n) is 3.46. The number of hydrogen-bond donors (Lipinski definition) is 3. The fourth-order valence-corrected chi connectivity index (χ4v) is 3.46. The Morgan fingerprint density at radius 1 is 1.12 bits per heavy atom. The van der Waals surface area contributed by atoms with E-state index in [4.69, 9.17) is 5.11 Å². The molecule has 24 heavy (non-hydrogen) atoms. The molecule has 1 heterocycles. The molecule has 1 aliphatic heterocycles. The third-order valence-corrected chi connectivity index (χ3v) is 4.75. The summed E-state index contributed by atoms with van der Waals surface area (Å²) in [5, 5.41) is 15.2. The molecule has 2 aromatic rings. The lowest BCUT2D eigenvalue weighted by atomic mass is 9.78. The second-order valence-electron chi connectivity index (χ2n) is 6.39. The first-order chi connectivity index (χ1) is 11.7. The summed E-state index contributed by atoms with van der Waals surface area (Å²) in [4.78, 5) is 12.7. The zero-order valence-electron chi connectivity index (χ0n) is 13.8. The lowest BCUT2D eigenvalue weighted by Gasteiger charge is -2.28. The third kappa shape index (κ3) is 3.50. The predicted molar refractivity (Wildman–Crippen MR) is 95.6 cm³/mol. The van der Waals surface area contributed by atoms with E-state index in [0.29, 0.717) is 19.5 Å². The molecule has 1 amide bonds. The molecule has 0 saturated carbocycles. The molecule has 1 aliphatic rings. The number of aliphatic hydroxyl groups excluding tert-OH is 1. The van der Waals surface area contributed by atoms with Crippen LogP contribution >= 0.6 is 0 Å². The van der Waals surface area contributed by atoms with Crippen molar-refractivity contribution in [1.29, 1.82) is 0 Å². The molecule has 2 aromatic carbocycles. The summed E-state index contributed by atoms with van der Waals surface area (Å²) in [6, 6.07) is 18.6. The van der Waals surface area contributed by atoms with E-state index < -0.39 is 5.41 Å². The van der Waals surface area contributed by atoms with Gasteiger partial charge >= 0.3 is 0 Å².